The standard InChI is InChI=1S/C15H21NO2/c1-11-5-6-14(17)13(9-11)15(18)12(2)10-16-7-3-4-8-16/h5-6,9,12,17H,3-4,7-8,10H2,1-2H3. The molecule has 1 fully saturated rings. The van der Waals surface area contributed by atoms with Crippen LogP contribution >= 0.6 is 0 Å². The van der Waals surface area contributed by atoms with E-state index in [0.29, 0.717) is 5.56 Å². The summed E-state index contributed by atoms with van der Waals surface area (Å²) >= 11 is 0. The molecule has 1 aromatic carbocycles. The van der Waals surface area contributed by atoms with Crippen molar-refractivity contribution in [2.75, 3.05) is 19.6 Å². The van der Waals surface area contributed by atoms with Crippen LogP contribution in [0.5, 0.6) is 5.75 Å². The fraction of sp³-hybridized carbons (Fsp3) is 0.533. The number of hydrogen-bond donors (Lipinski definition) is 1. The van der Waals surface area contributed by atoms with E-state index in [2.05, 4.69) is 4.90 Å². The Hall–Kier alpha value is -1.35. The SMILES string of the molecule is Cc1ccc(O)c(C(=O)C(C)CN2CCCC2)c1. The highest BCUT2D eigenvalue weighted by atomic mass is 16.3. The van der Waals surface area contributed by atoms with Gasteiger partial charge in [0.25, 0.3) is 0 Å². The number of carbonyl (C=O) groups is 1. The van der Waals surface area contributed by atoms with Crippen LogP contribution in [0.1, 0.15) is 35.7 Å². The van der Waals surface area contributed by atoms with Crippen molar-refractivity contribution in [1.82, 2.24) is 4.90 Å². The van der Waals surface area contributed by atoms with Crippen LogP contribution in [0.3, 0.4) is 0 Å². The maximum absolute atomic E-state index is 12.3. The van der Waals surface area contributed by atoms with Gasteiger partial charge >= 0.3 is 0 Å². The first-order chi connectivity index (χ1) is 8.58. The summed E-state index contributed by atoms with van der Waals surface area (Å²) < 4.78 is 0. The van der Waals surface area contributed by atoms with Crippen LogP contribution in [0.15, 0.2) is 18.2 Å². The smallest absolute Gasteiger partial charge is 0.170 e. The topological polar surface area (TPSA) is 40.5 Å². The maximum Gasteiger partial charge on any atom is 0.170 e. The summed E-state index contributed by atoms with van der Waals surface area (Å²) in [6, 6.07) is 5.19. The number of benzene rings is 1. The Morgan fingerprint density at radius 3 is 2.72 bits per heavy atom. The molecular formula is C15H21NO2. The van der Waals surface area contributed by atoms with Gasteiger partial charge in [-0.15, -0.1) is 0 Å². The molecule has 98 valence electrons. The monoisotopic (exact) mass is 247 g/mol. The number of phenolic OH excluding ortho intramolecular Hbond substituents is 1. The molecule has 0 spiro atoms. The molecule has 0 radical (unpaired) electrons. The van der Waals surface area contributed by atoms with Gasteiger partial charge in [0, 0.05) is 12.5 Å². The van der Waals surface area contributed by atoms with E-state index in [1.165, 1.54) is 12.8 Å². The Bertz CT molecular complexity index is 436. The maximum atomic E-state index is 12.3. The van der Waals surface area contributed by atoms with Crippen molar-refractivity contribution in [2.24, 2.45) is 5.92 Å². The Kier molecular flexibility index (Phi) is 4.02. The first-order valence-corrected chi connectivity index (χ1v) is 6.64. The molecule has 1 heterocycles. The second-order valence-corrected chi connectivity index (χ2v) is 5.29. The molecule has 18 heavy (non-hydrogen) atoms. The van der Waals surface area contributed by atoms with Gasteiger partial charge in [-0.2, -0.15) is 0 Å². The van der Waals surface area contributed by atoms with Gasteiger partial charge in [-0.1, -0.05) is 18.6 Å². The van der Waals surface area contributed by atoms with Crippen LogP contribution in [-0.2, 0) is 0 Å². The molecule has 3 heteroatoms. The predicted octanol–water partition coefficient (Wildman–Crippen LogP) is 2.62. The average molecular weight is 247 g/mol. The molecule has 2 rings (SSSR count). The second kappa shape index (κ2) is 5.53. The zero-order valence-electron chi connectivity index (χ0n) is 11.1. The minimum Gasteiger partial charge on any atom is -0.507 e. The fourth-order valence-corrected chi connectivity index (χ4v) is 2.55. The summed E-state index contributed by atoms with van der Waals surface area (Å²) in [5.74, 6) is 0.0813. The van der Waals surface area contributed by atoms with Gasteiger partial charge in [-0.05, 0) is 45.0 Å². The number of likely N-dealkylation sites (tertiary alicyclic amines) is 1. The molecule has 1 saturated heterocycles. The van der Waals surface area contributed by atoms with E-state index in [0.717, 1.165) is 25.2 Å². The van der Waals surface area contributed by atoms with E-state index >= 15 is 0 Å². The van der Waals surface area contributed by atoms with Crippen molar-refractivity contribution < 1.29 is 9.90 Å². The summed E-state index contributed by atoms with van der Waals surface area (Å²) in [5.41, 5.74) is 1.46. The minimum atomic E-state index is -0.0594. The van der Waals surface area contributed by atoms with Crippen LogP contribution in [0.4, 0.5) is 0 Å². The number of phenols is 1. The van der Waals surface area contributed by atoms with Crippen molar-refractivity contribution in [1.29, 1.82) is 0 Å². The number of nitrogens with zero attached hydrogens (tertiary/aromatic N) is 1. The number of hydrogen-bond acceptors (Lipinski definition) is 3. The summed E-state index contributed by atoms with van der Waals surface area (Å²) in [7, 11) is 0. The lowest BCUT2D eigenvalue weighted by atomic mass is 9.97. The van der Waals surface area contributed by atoms with E-state index in [4.69, 9.17) is 0 Å². The van der Waals surface area contributed by atoms with E-state index in [1.54, 1.807) is 12.1 Å². The average Bonchev–Trinajstić information content (AvgIpc) is 2.84. The largest absolute Gasteiger partial charge is 0.507 e. The van der Waals surface area contributed by atoms with Crippen LogP contribution in [0, 0.1) is 12.8 Å². The zero-order chi connectivity index (χ0) is 13.1. The Labute approximate surface area is 108 Å². The molecule has 1 aliphatic rings. The van der Waals surface area contributed by atoms with E-state index in [1.807, 2.05) is 19.9 Å². The number of carbonyl (C=O) groups excluding carboxylic acids is 1. The highest BCUT2D eigenvalue weighted by Crippen LogP contribution is 2.22. The second-order valence-electron chi connectivity index (χ2n) is 5.29. The van der Waals surface area contributed by atoms with Gasteiger partial charge in [0.15, 0.2) is 5.78 Å². The van der Waals surface area contributed by atoms with E-state index < -0.39 is 0 Å². The molecule has 0 aliphatic carbocycles. The highest BCUT2D eigenvalue weighted by Gasteiger charge is 2.22. The number of aryl methyl sites for hydroxylation is 1. The number of ketones is 1. The van der Waals surface area contributed by atoms with Crippen LogP contribution in [-0.4, -0.2) is 35.4 Å². The van der Waals surface area contributed by atoms with Crippen LogP contribution in [0.2, 0.25) is 0 Å². The van der Waals surface area contributed by atoms with Gasteiger partial charge in [-0.25, -0.2) is 0 Å². The first-order valence-electron chi connectivity index (χ1n) is 6.64. The van der Waals surface area contributed by atoms with E-state index in [9.17, 15) is 9.90 Å². The Morgan fingerprint density at radius 1 is 1.39 bits per heavy atom. The van der Waals surface area contributed by atoms with Crippen molar-refractivity contribution in [3.63, 3.8) is 0 Å². The van der Waals surface area contributed by atoms with Gasteiger partial charge < -0.3 is 10.0 Å². The van der Waals surface area contributed by atoms with E-state index in [-0.39, 0.29) is 17.5 Å². The predicted molar refractivity (Wildman–Crippen MR) is 72.0 cm³/mol. The van der Waals surface area contributed by atoms with Crippen molar-refractivity contribution in [2.45, 2.75) is 26.7 Å². The van der Waals surface area contributed by atoms with Crippen molar-refractivity contribution >= 4 is 5.78 Å². The minimum absolute atomic E-state index is 0.0445. The number of aromatic hydroxyl groups is 1. The summed E-state index contributed by atoms with van der Waals surface area (Å²) in [5, 5.41) is 9.78. The summed E-state index contributed by atoms with van der Waals surface area (Å²) in [6.07, 6.45) is 2.47. The van der Waals surface area contributed by atoms with Crippen molar-refractivity contribution in [3.8, 4) is 5.75 Å². The lowest BCUT2D eigenvalue weighted by molar-refractivity contribution is 0.0900. The normalized spacial score (nSPS) is 17.9. The van der Waals surface area contributed by atoms with Gasteiger partial charge in [0.05, 0.1) is 5.56 Å². The molecule has 1 atom stereocenters. The lowest BCUT2D eigenvalue weighted by Crippen LogP contribution is -2.29. The third-order valence-electron chi connectivity index (χ3n) is 3.60. The summed E-state index contributed by atoms with van der Waals surface area (Å²) in [4.78, 5) is 14.6. The molecule has 0 aromatic heterocycles. The quantitative estimate of drug-likeness (QED) is 0.831. The lowest BCUT2D eigenvalue weighted by Gasteiger charge is -2.19. The van der Waals surface area contributed by atoms with Crippen LogP contribution in [0.25, 0.3) is 0 Å². The highest BCUT2D eigenvalue weighted by molar-refractivity contribution is 6.00. The van der Waals surface area contributed by atoms with Gasteiger partial charge in [0.2, 0.25) is 0 Å². The van der Waals surface area contributed by atoms with Crippen LogP contribution < -0.4 is 0 Å². The molecule has 3 nitrogen and oxygen atoms in total. The fourth-order valence-electron chi connectivity index (χ4n) is 2.55. The van der Waals surface area contributed by atoms with Gasteiger partial charge in [-0.3, -0.25) is 4.79 Å². The molecular weight excluding hydrogens is 226 g/mol. The Balaban J connectivity index is 2.07. The van der Waals surface area contributed by atoms with Crippen molar-refractivity contribution in [3.05, 3.63) is 29.3 Å². The van der Waals surface area contributed by atoms with Gasteiger partial charge in [0.1, 0.15) is 5.75 Å². The third kappa shape index (κ3) is 2.91. The molecule has 0 amide bonds. The zero-order valence-corrected chi connectivity index (χ0v) is 11.1. The molecule has 0 saturated carbocycles. The third-order valence-corrected chi connectivity index (χ3v) is 3.60. The molecule has 1 unspecified atom stereocenters. The first kappa shape index (κ1) is 13.1. The molecule has 1 aliphatic heterocycles. The number of rotatable bonds is 4. The Morgan fingerprint density at radius 2 is 2.06 bits per heavy atom. The molecule has 0 bridgehead atoms. The molecule has 1 N–H and O–H groups in total. The molecule has 1 aromatic rings. The summed E-state index contributed by atoms with van der Waals surface area (Å²) in [6.45, 7) is 6.87. The number of Topliss-reactive ketones (excluding diaryl/α,β-unsaturated/α-hetero) is 1.